The van der Waals surface area contributed by atoms with Crippen molar-refractivity contribution in [3.05, 3.63) is 29.8 Å². The highest BCUT2D eigenvalue weighted by molar-refractivity contribution is 5.30. The second-order valence-electron chi connectivity index (χ2n) is 6.40. The van der Waals surface area contributed by atoms with Crippen molar-refractivity contribution in [3.8, 4) is 5.75 Å². The number of hydrogen-bond donors (Lipinski definition) is 1. The minimum Gasteiger partial charge on any atom is -0.491 e. The third-order valence-electron chi connectivity index (χ3n) is 4.53. The Morgan fingerprint density at radius 3 is 2.05 bits per heavy atom. The lowest BCUT2D eigenvalue weighted by molar-refractivity contribution is -0.0442. The molecule has 1 aliphatic rings. The van der Waals surface area contributed by atoms with E-state index in [0.717, 1.165) is 24.2 Å². The largest absolute Gasteiger partial charge is 0.491 e. The van der Waals surface area contributed by atoms with Gasteiger partial charge in [-0.05, 0) is 44.4 Å². The van der Waals surface area contributed by atoms with Gasteiger partial charge < -0.3 is 15.2 Å². The molecule has 1 aromatic rings. The molecule has 0 spiro atoms. The molecule has 1 atom stereocenters. The lowest BCUT2D eigenvalue weighted by Gasteiger charge is -2.37. The predicted octanol–water partition coefficient (Wildman–Crippen LogP) is 4.21. The average molecular weight is 291 g/mol. The first-order valence-electron chi connectivity index (χ1n) is 8.15. The SMILES string of the molecule is COC1(C(N)c2ccc(OC(C)C)cc2)CCCCCC1. The van der Waals surface area contributed by atoms with Gasteiger partial charge in [0.2, 0.25) is 0 Å². The van der Waals surface area contributed by atoms with Crippen molar-refractivity contribution < 1.29 is 9.47 Å². The fraction of sp³-hybridized carbons (Fsp3) is 0.667. The number of methoxy groups -OCH3 is 1. The van der Waals surface area contributed by atoms with E-state index in [-0.39, 0.29) is 17.7 Å². The first kappa shape index (κ1) is 16.3. The number of rotatable bonds is 5. The normalized spacial score (nSPS) is 20.0. The van der Waals surface area contributed by atoms with Gasteiger partial charge in [0.05, 0.1) is 17.7 Å². The Morgan fingerprint density at radius 2 is 1.57 bits per heavy atom. The van der Waals surface area contributed by atoms with Crippen LogP contribution in [0, 0.1) is 0 Å². The zero-order valence-electron chi connectivity index (χ0n) is 13.6. The van der Waals surface area contributed by atoms with Gasteiger partial charge in [-0.2, -0.15) is 0 Å². The maximum Gasteiger partial charge on any atom is 0.119 e. The number of hydrogen-bond acceptors (Lipinski definition) is 3. The summed E-state index contributed by atoms with van der Waals surface area (Å²) >= 11 is 0. The van der Waals surface area contributed by atoms with Gasteiger partial charge in [0, 0.05) is 7.11 Å². The zero-order valence-corrected chi connectivity index (χ0v) is 13.6. The second-order valence-corrected chi connectivity index (χ2v) is 6.40. The van der Waals surface area contributed by atoms with E-state index in [0.29, 0.717) is 0 Å². The van der Waals surface area contributed by atoms with Crippen molar-refractivity contribution in [3.63, 3.8) is 0 Å². The molecule has 0 aliphatic heterocycles. The van der Waals surface area contributed by atoms with Crippen LogP contribution in [-0.4, -0.2) is 18.8 Å². The van der Waals surface area contributed by atoms with Crippen LogP contribution in [0.1, 0.15) is 64.0 Å². The van der Waals surface area contributed by atoms with E-state index in [1.165, 1.54) is 25.7 Å². The minimum absolute atomic E-state index is 0.0753. The lowest BCUT2D eigenvalue weighted by atomic mass is 9.83. The third kappa shape index (κ3) is 3.98. The van der Waals surface area contributed by atoms with Gasteiger partial charge in [-0.25, -0.2) is 0 Å². The molecule has 0 aromatic heterocycles. The molecule has 0 heterocycles. The van der Waals surface area contributed by atoms with E-state index in [1.807, 2.05) is 26.0 Å². The summed E-state index contributed by atoms with van der Waals surface area (Å²) in [5, 5.41) is 0. The van der Waals surface area contributed by atoms with E-state index in [9.17, 15) is 0 Å². The van der Waals surface area contributed by atoms with Gasteiger partial charge in [0.25, 0.3) is 0 Å². The van der Waals surface area contributed by atoms with E-state index in [2.05, 4.69) is 12.1 Å². The smallest absolute Gasteiger partial charge is 0.119 e. The topological polar surface area (TPSA) is 44.5 Å². The molecule has 0 amide bonds. The van der Waals surface area contributed by atoms with Gasteiger partial charge in [0.1, 0.15) is 5.75 Å². The van der Waals surface area contributed by atoms with Crippen molar-refractivity contribution in [2.24, 2.45) is 5.73 Å². The lowest BCUT2D eigenvalue weighted by Crippen LogP contribution is -2.42. The number of nitrogens with two attached hydrogens (primary N) is 1. The van der Waals surface area contributed by atoms with Gasteiger partial charge >= 0.3 is 0 Å². The minimum atomic E-state index is -0.211. The quantitative estimate of drug-likeness (QED) is 0.826. The average Bonchev–Trinajstić information content (AvgIpc) is 2.73. The van der Waals surface area contributed by atoms with Crippen LogP contribution in [0.15, 0.2) is 24.3 Å². The Labute approximate surface area is 128 Å². The predicted molar refractivity (Wildman–Crippen MR) is 86.6 cm³/mol. The Hall–Kier alpha value is -1.06. The molecule has 2 N–H and O–H groups in total. The Morgan fingerprint density at radius 1 is 1.00 bits per heavy atom. The molecular weight excluding hydrogens is 262 g/mol. The molecule has 1 fully saturated rings. The third-order valence-corrected chi connectivity index (χ3v) is 4.53. The fourth-order valence-corrected chi connectivity index (χ4v) is 3.30. The summed E-state index contributed by atoms with van der Waals surface area (Å²) in [6.07, 6.45) is 7.28. The van der Waals surface area contributed by atoms with Crippen molar-refractivity contribution in [1.29, 1.82) is 0 Å². The molecule has 1 aliphatic carbocycles. The molecular formula is C18H29NO2. The highest BCUT2D eigenvalue weighted by Gasteiger charge is 2.37. The summed E-state index contributed by atoms with van der Waals surface area (Å²) in [4.78, 5) is 0. The molecule has 1 aromatic carbocycles. The molecule has 3 nitrogen and oxygen atoms in total. The molecule has 1 saturated carbocycles. The maximum atomic E-state index is 6.57. The number of ether oxygens (including phenoxy) is 2. The van der Waals surface area contributed by atoms with Crippen molar-refractivity contribution >= 4 is 0 Å². The van der Waals surface area contributed by atoms with Crippen molar-refractivity contribution in [2.45, 2.75) is 70.1 Å². The van der Waals surface area contributed by atoms with Crippen LogP contribution >= 0.6 is 0 Å². The Balaban J connectivity index is 2.14. The van der Waals surface area contributed by atoms with Crippen LogP contribution in [0.5, 0.6) is 5.75 Å². The summed E-state index contributed by atoms with van der Waals surface area (Å²) in [5.74, 6) is 0.897. The molecule has 0 saturated heterocycles. The van der Waals surface area contributed by atoms with Gasteiger partial charge in [-0.1, -0.05) is 37.8 Å². The molecule has 1 unspecified atom stereocenters. The first-order chi connectivity index (χ1) is 10.1. The van der Waals surface area contributed by atoms with E-state index in [1.54, 1.807) is 7.11 Å². The Bertz CT molecular complexity index is 419. The standard InChI is InChI=1S/C18H29NO2/c1-14(2)21-16-10-8-15(9-11-16)17(19)18(20-3)12-6-4-5-7-13-18/h8-11,14,17H,4-7,12-13,19H2,1-3H3. The van der Waals surface area contributed by atoms with Crippen LogP contribution in [0.3, 0.4) is 0 Å². The zero-order chi connectivity index (χ0) is 15.3. The van der Waals surface area contributed by atoms with Crippen molar-refractivity contribution in [2.75, 3.05) is 7.11 Å². The molecule has 118 valence electrons. The van der Waals surface area contributed by atoms with Gasteiger partial charge in [0.15, 0.2) is 0 Å². The monoisotopic (exact) mass is 291 g/mol. The molecule has 0 radical (unpaired) electrons. The van der Waals surface area contributed by atoms with Crippen LogP contribution in [0.4, 0.5) is 0 Å². The highest BCUT2D eigenvalue weighted by Crippen LogP contribution is 2.39. The summed E-state index contributed by atoms with van der Waals surface area (Å²) in [5.41, 5.74) is 7.49. The fourth-order valence-electron chi connectivity index (χ4n) is 3.30. The molecule has 2 rings (SSSR count). The molecule has 0 bridgehead atoms. The van der Waals surface area contributed by atoms with Gasteiger partial charge in [-0.3, -0.25) is 0 Å². The Kier molecular flexibility index (Phi) is 5.65. The highest BCUT2D eigenvalue weighted by atomic mass is 16.5. The second kappa shape index (κ2) is 7.28. The summed E-state index contributed by atoms with van der Waals surface area (Å²) in [6.45, 7) is 4.07. The van der Waals surface area contributed by atoms with Crippen LogP contribution < -0.4 is 10.5 Å². The molecule has 21 heavy (non-hydrogen) atoms. The molecule has 3 heteroatoms. The van der Waals surface area contributed by atoms with Crippen LogP contribution in [-0.2, 0) is 4.74 Å². The maximum absolute atomic E-state index is 6.57. The summed E-state index contributed by atoms with van der Waals surface area (Å²) in [7, 11) is 1.81. The summed E-state index contributed by atoms with van der Waals surface area (Å²) < 4.78 is 11.6. The van der Waals surface area contributed by atoms with E-state index < -0.39 is 0 Å². The number of benzene rings is 1. The summed E-state index contributed by atoms with van der Waals surface area (Å²) in [6, 6.07) is 8.10. The van der Waals surface area contributed by atoms with Crippen molar-refractivity contribution in [1.82, 2.24) is 0 Å². The van der Waals surface area contributed by atoms with Crippen LogP contribution in [0.25, 0.3) is 0 Å². The van der Waals surface area contributed by atoms with E-state index in [4.69, 9.17) is 15.2 Å². The first-order valence-corrected chi connectivity index (χ1v) is 8.15. The van der Waals surface area contributed by atoms with Gasteiger partial charge in [-0.15, -0.1) is 0 Å². The van der Waals surface area contributed by atoms with Crippen LogP contribution in [0.2, 0.25) is 0 Å². The van der Waals surface area contributed by atoms with E-state index >= 15 is 0 Å².